The second-order valence-corrected chi connectivity index (χ2v) is 5.13. The van der Waals surface area contributed by atoms with Gasteiger partial charge in [-0.2, -0.15) is 4.37 Å². The molecular formula is C11H17N3O2S. The summed E-state index contributed by atoms with van der Waals surface area (Å²) in [6, 6.07) is 0. The maximum Gasteiger partial charge on any atom is 0.303 e. The summed E-state index contributed by atoms with van der Waals surface area (Å²) in [6.45, 7) is 3.80. The largest absolute Gasteiger partial charge is 0.481 e. The zero-order chi connectivity index (χ0) is 12.3. The molecule has 1 unspecified atom stereocenters. The highest BCUT2D eigenvalue weighted by molar-refractivity contribution is 7.09. The van der Waals surface area contributed by atoms with E-state index in [9.17, 15) is 4.79 Å². The van der Waals surface area contributed by atoms with Crippen molar-refractivity contribution in [1.29, 1.82) is 0 Å². The van der Waals surface area contributed by atoms with Crippen molar-refractivity contribution in [3.8, 4) is 0 Å². The van der Waals surface area contributed by atoms with Crippen LogP contribution in [0.4, 0.5) is 5.13 Å². The SMILES string of the molecule is CCc1nsc(N2CCCC(CC(=O)O)C2)n1. The van der Waals surface area contributed by atoms with E-state index in [2.05, 4.69) is 14.3 Å². The number of hydrogen-bond acceptors (Lipinski definition) is 5. The molecule has 2 heterocycles. The fourth-order valence-corrected chi connectivity index (χ4v) is 2.95. The Morgan fingerprint density at radius 2 is 2.47 bits per heavy atom. The van der Waals surface area contributed by atoms with Crippen molar-refractivity contribution < 1.29 is 9.90 Å². The number of aryl methyl sites for hydroxylation is 1. The summed E-state index contributed by atoms with van der Waals surface area (Å²) >= 11 is 1.42. The normalized spacial score (nSPS) is 20.5. The molecule has 0 radical (unpaired) electrons. The number of aliphatic carboxylic acids is 1. The zero-order valence-electron chi connectivity index (χ0n) is 9.93. The standard InChI is InChI=1S/C11H17N3O2S/c1-2-9-12-11(17-13-9)14-5-3-4-8(7-14)6-10(15)16/h8H,2-7H2,1H3,(H,15,16). The minimum Gasteiger partial charge on any atom is -0.481 e. The fourth-order valence-electron chi connectivity index (χ4n) is 2.17. The van der Waals surface area contributed by atoms with Gasteiger partial charge in [-0.3, -0.25) is 4.79 Å². The van der Waals surface area contributed by atoms with Gasteiger partial charge in [0.15, 0.2) is 0 Å². The number of rotatable bonds is 4. The number of carbonyl (C=O) groups is 1. The van der Waals surface area contributed by atoms with Gasteiger partial charge >= 0.3 is 5.97 Å². The van der Waals surface area contributed by atoms with Gasteiger partial charge in [-0.1, -0.05) is 6.92 Å². The lowest BCUT2D eigenvalue weighted by molar-refractivity contribution is -0.138. The molecule has 0 amide bonds. The summed E-state index contributed by atoms with van der Waals surface area (Å²) in [5, 5.41) is 9.76. The third-order valence-electron chi connectivity index (χ3n) is 3.03. The van der Waals surface area contributed by atoms with Gasteiger partial charge in [-0.25, -0.2) is 4.98 Å². The predicted octanol–water partition coefficient (Wildman–Crippen LogP) is 1.79. The highest BCUT2D eigenvalue weighted by Crippen LogP contribution is 2.26. The third kappa shape index (κ3) is 3.15. The average molecular weight is 255 g/mol. The number of anilines is 1. The van der Waals surface area contributed by atoms with E-state index < -0.39 is 5.97 Å². The Balaban J connectivity index is 1.99. The highest BCUT2D eigenvalue weighted by atomic mass is 32.1. The summed E-state index contributed by atoms with van der Waals surface area (Å²) < 4.78 is 4.27. The lowest BCUT2D eigenvalue weighted by Gasteiger charge is -2.31. The molecule has 1 aliphatic heterocycles. The maximum atomic E-state index is 10.7. The molecule has 0 spiro atoms. The highest BCUT2D eigenvalue weighted by Gasteiger charge is 2.24. The molecule has 5 nitrogen and oxygen atoms in total. The van der Waals surface area contributed by atoms with E-state index in [4.69, 9.17) is 5.11 Å². The van der Waals surface area contributed by atoms with Crippen molar-refractivity contribution in [3.63, 3.8) is 0 Å². The van der Waals surface area contributed by atoms with Crippen molar-refractivity contribution in [2.45, 2.75) is 32.6 Å². The van der Waals surface area contributed by atoms with Crippen LogP contribution in [0.5, 0.6) is 0 Å². The van der Waals surface area contributed by atoms with Crippen LogP contribution in [0, 0.1) is 5.92 Å². The molecule has 1 fully saturated rings. The van der Waals surface area contributed by atoms with Crippen LogP contribution in [0.25, 0.3) is 0 Å². The molecule has 2 rings (SSSR count). The number of carboxylic acids is 1. The van der Waals surface area contributed by atoms with Gasteiger partial charge in [-0.05, 0) is 18.8 Å². The molecule has 1 aliphatic rings. The van der Waals surface area contributed by atoms with Gasteiger partial charge in [0.2, 0.25) is 5.13 Å². The molecular weight excluding hydrogens is 238 g/mol. The molecule has 1 N–H and O–H groups in total. The molecule has 1 atom stereocenters. The first-order chi connectivity index (χ1) is 8.19. The predicted molar refractivity (Wildman–Crippen MR) is 66.5 cm³/mol. The molecule has 6 heteroatoms. The van der Waals surface area contributed by atoms with Gasteiger partial charge in [0.05, 0.1) is 0 Å². The van der Waals surface area contributed by atoms with Crippen LogP contribution in [0.3, 0.4) is 0 Å². The summed E-state index contributed by atoms with van der Waals surface area (Å²) in [4.78, 5) is 17.3. The Bertz CT molecular complexity index is 394. The topological polar surface area (TPSA) is 66.3 Å². The van der Waals surface area contributed by atoms with Crippen LogP contribution in [-0.2, 0) is 11.2 Å². The quantitative estimate of drug-likeness (QED) is 0.888. The monoisotopic (exact) mass is 255 g/mol. The average Bonchev–Trinajstić information content (AvgIpc) is 2.77. The summed E-state index contributed by atoms with van der Waals surface area (Å²) in [6.07, 6.45) is 3.15. The van der Waals surface area contributed by atoms with Crippen LogP contribution in [0.2, 0.25) is 0 Å². The Labute approximate surface area is 105 Å². The number of carboxylic acid groups (broad SMARTS) is 1. The molecule has 1 aromatic rings. The van der Waals surface area contributed by atoms with Gasteiger partial charge in [0.1, 0.15) is 5.82 Å². The van der Waals surface area contributed by atoms with E-state index in [1.54, 1.807) is 0 Å². The molecule has 0 bridgehead atoms. The van der Waals surface area contributed by atoms with Gasteiger partial charge in [0.25, 0.3) is 0 Å². The zero-order valence-corrected chi connectivity index (χ0v) is 10.7. The van der Waals surface area contributed by atoms with Gasteiger partial charge in [-0.15, -0.1) is 0 Å². The maximum absolute atomic E-state index is 10.7. The van der Waals surface area contributed by atoms with Crippen LogP contribution >= 0.6 is 11.5 Å². The van der Waals surface area contributed by atoms with Gasteiger partial charge < -0.3 is 10.0 Å². The lowest BCUT2D eigenvalue weighted by Crippen LogP contribution is -2.36. The van der Waals surface area contributed by atoms with E-state index in [1.165, 1.54) is 11.5 Å². The van der Waals surface area contributed by atoms with E-state index in [-0.39, 0.29) is 12.3 Å². The number of nitrogens with zero attached hydrogens (tertiary/aromatic N) is 3. The van der Waals surface area contributed by atoms with Crippen molar-refractivity contribution in [2.75, 3.05) is 18.0 Å². The lowest BCUT2D eigenvalue weighted by atomic mass is 9.95. The molecule has 0 aliphatic carbocycles. The van der Waals surface area contributed by atoms with Crippen LogP contribution < -0.4 is 4.90 Å². The second-order valence-electron chi connectivity index (χ2n) is 4.40. The number of piperidine rings is 1. The minimum absolute atomic E-state index is 0.246. The van der Waals surface area contributed by atoms with Crippen molar-refractivity contribution in [1.82, 2.24) is 9.36 Å². The first-order valence-corrected chi connectivity index (χ1v) is 6.75. The molecule has 17 heavy (non-hydrogen) atoms. The Kier molecular flexibility index (Phi) is 3.93. The van der Waals surface area contributed by atoms with Crippen LogP contribution in [0.15, 0.2) is 0 Å². The molecule has 0 aromatic carbocycles. The molecule has 1 saturated heterocycles. The van der Waals surface area contributed by atoms with E-state index in [1.807, 2.05) is 6.92 Å². The number of aromatic nitrogens is 2. The summed E-state index contributed by atoms with van der Waals surface area (Å²) in [5.41, 5.74) is 0. The van der Waals surface area contributed by atoms with E-state index in [0.29, 0.717) is 0 Å². The van der Waals surface area contributed by atoms with E-state index >= 15 is 0 Å². The summed E-state index contributed by atoms with van der Waals surface area (Å²) in [5.74, 6) is 0.420. The first kappa shape index (κ1) is 12.3. The fraction of sp³-hybridized carbons (Fsp3) is 0.727. The van der Waals surface area contributed by atoms with Crippen molar-refractivity contribution >= 4 is 22.6 Å². The number of hydrogen-bond donors (Lipinski definition) is 1. The van der Waals surface area contributed by atoms with Crippen molar-refractivity contribution in [3.05, 3.63) is 5.82 Å². The second kappa shape index (κ2) is 5.44. The molecule has 1 aromatic heterocycles. The summed E-state index contributed by atoms with van der Waals surface area (Å²) in [7, 11) is 0. The molecule has 94 valence electrons. The van der Waals surface area contributed by atoms with Crippen LogP contribution in [-0.4, -0.2) is 33.5 Å². The Morgan fingerprint density at radius 1 is 1.65 bits per heavy atom. The van der Waals surface area contributed by atoms with E-state index in [0.717, 1.165) is 43.3 Å². The van der Waals surface area contributed by atoms with Crippen molar-refractivity contribution in [2.24, 2.45) is 5.92 Å². The van der Waals surface area contributed by atoms with Gasteiger partial charge in [0, 0.05) is 37.5 Å². The molecule has 0 saturated carbocycles. The Hall–Kier alpha value is -1.17. The smallest absolute Gasteiger partial charge is 0.303 e. The Morgan fingerprint density at radius 3 is 3.12 bits per heavy atom. The first-order valence-electron chi connectivity index (χ1n) is 5.98. The minimum atomic E-state index is -0.705. The third-order valence-corrected chi connectivity index (χ3v) is 3.84. The van der Waals surface area contributed by atoms with Crippen LogP contribution in [0.1, 0.15) is 32.0 Å².